The number of aromatic nitrogens is 1. The Morgan fingerprint density at radius 1 is 1.16 bits per heavy atom. The Bertz CT molecular complexity index is 784. The summed E-state index contributed by atoms with van der Waals surface area (Å²) >= 11 is 1.45. The highest BCUT2D eigenvalue weighted by molar-refractivity contribution is 7.15. The molecule has 0 saturated carbocycles. The summed E-state index contributed by atoms with van der Waals surface area (Å²) < 4.78 is 26.4. The fraction of sp³-hybridized carbons (Fsp3) is 0.353. The number of aryl methyl sites for hydroxylation is 2. The lowest BCUT2D eigenvalue weighted by atomic mass is 10.2. The number of nitrogens with one attached hydrogen (secondary N) is 2. The van der Waals surface area contributed by atoms with E-state index in [0.29, 0.717) is 11.2 Å². The molecule has 2 amide bonds. The molecule has 0 radical (unpaired) electrons. The number of halogens is 2. The number of benzene rings is 1. The third-order valence-electron chi connectivity index (χ3n) is 3.93. The fourth-order valence-corrected chi connectivity index (χ4v) is 3.74. The van der Waals surface area contributed by atoms with Gasteiger partial charge in [0.2, 0.25) is 5.91 Å². The van der Waals surface area contributed by atoms with Crippen molar-refractivity contribution in [3.63, 3.8) is 0 Å². The maximum Gasteiger partial charge on any atom is 0.254 e. The molecule has 1 aromatic carbocycles. The maximum atomic E-state index is 13.5. The van der Waals surface area contributed by atoms with Gasteiger partial charge in [-0.05, 0) is 37.8 Å². The van der Waals surface area contributed by atoms with Crippen LogP contribution >= 0.6 is 11.3 Å². The lowest BCUT2D eigenvalue weighted by Gasteiger charge is -2.06. The van der Waals surface area contributed by atoms with Gasteiger partial charge in [0.15, 0.2) is 5.13 Å². The molecule has 132 valence electrons. The van der Waals surface area contributed by atoms with Crippen molar-refractivity contribution in [3.8, 4) is 0 Å². The average Bonchev–Trinajstić information content (AvgIpc) is 2.81. The van der Waals surface area contributed by atoms with Gasteiger partial charge in [-0.25, -0.2) is 13.8 Å². The largest absolute Gasteiger partial charge is 0.343 e. The van der Waals surface area contributed by atoms with E-state index in [2.05, 4.69) is 15.6 Å². The molecular formula is C17H17F2N3O2S. The van der Waals surface area contributed by atoms with E-state index in [-0.39, 0.29) is 12.1 Å². The summed E-state index contributed by atoms with van der Waals surface area (Å²) in [6.45, 7) is -0.320. The van der Waals surface area contributed by atoms with Gasteiger partial charge >= 0.3 is 0 Å². The molecule has 0 spiro atoms. The van der Waals surface area contributed by atoms with Gasteiger partial charge in [0.1, 0.15) is 11.6 Å². The van der Waals surface area contributed by atoms with Crippen LogP contribution in [-0.2, 0) is 17.6 Å². The molecule has 1 aliphatic rings. The molecule has 1 aromatic heterocycles. The standard InChI is InChI=1S/C17H17F2N3O2S/c18-10-6-7-11(12(19)8-10)16(24)20-9-15(23)22-17-21-13-4-2-1-3-5-14(13)25-17/h6-8H,1-5,9H2,(H,20,24)(H,21,22,23). The van der Waals surface area contributed by atoms with E-state index in [1.54, 1.807) is 0 Å². The van der Waals surface area contributed by atoms with Gasteiger partial charge in [-0.15, -0.1) is 11.3 Å². The van der Waals surface area contributed by atoms with Crippen LogP contribution < -0.4 is 10.6 Å². The van der Waals surface area contributed by atoms with E-state index < -0.39 is 23.4 Å². The number of carbonyl (C=O) groups is 2. The summed E-state index contributed by atoms with van der Waals surface area (Å²) in [5.41, 5.74) is 0.727. The summed E-state index contributed by atoms with van der Waals surface area (Å²) in [6, 6.07) is 2.65. The van der Waals surface area contributed by atoms with Crippen molar-refractivity contribution in [3.05, 3.63) is 46.0 Å². The first kappa shape index (κ1) is 17.5. The number of thiazole rings is 1. The van der Waals surface area contributed by atoms with Crippen molar-refractivity contribution in [1.82, 2.24) is 10.3 Å². The van der Waals surface area contributed by atoms with Gasteiger partial charge < -0.3 is 10.6 Å². The Hall–Kier alpha value is -2.35. The van der Waals surface area contributed by atoms with Crippen LogP contribution in [0.1, 0.15) is 40.2 Å². The molecule has 25 heavy (non-hydrogen) atoms. The number of carbonyl (C=O) groups excluding carboxylic acids is 2. The highest BCUT2D eigenvalue weighted by atomic mass is 32.1. The first-order chi connectivity index (χ1) is 12.0. The minimum absolute atomic E-state index is 0.310. The summed E-state index contributed by atoms with van der Waals surface area (Å²) in [5.74, 6) is -2.96. The number of fused-ring (bicyclic) bond motifs is 1. The van der Waals surface area contributed by atoms with Gasteiger partial charge in [0.25, 0.3) is 5.91 Å². The molecule has 8 heteroatoms. The van der Waals surface area contributed by atoms with E-state index >= 15 is 0 Å². The molecule has 0 aliphatic heterocycles. The zero-order chi connectivity index (χ0) is 17.8. The molecule has 3 rings (SSSR count). The number of rotatable bonds is 4. The highest BCUT2D eigenvalue weighted by Gasteiger charge is 2.17. The molecule has 1 aliphatic carbocycles. The van der Waals surface area contributed by atoms with Crippen molar-refractivity contribution in [2.45, 2.75) is 32.1 Å². The number of amides is 2. The number of hydrogen-bond acceptors (Lipinski definition) is 4. The summed E-state index contributed by atoms with van der Waals surface area (Å²) in [6.07, 6.45) is 5.31. The molecule has 5 nitrogen and oxygen atoms in total. The molecule has 0 unspecified atom stereocenters. The van der Waals surface area contributed by atoms with E-state index in [1.165, 1.54) is 22.6 Å². The minimum Gasteiger partial charge on any atom is -0.343 e. The van der Waals surface area contributed by atoms with Crippen molar-refractivity contribution in [2.75, 3.05) is 11.9 Å². The van der Waals surface area contributed by atoms with E-state index in [4.69, 9.17) is 0 Å². The monoisotopic (exact) mass is 365 g/mol. The van der Waals surface area contributed by atoms with Gasteiger partial charge in [0, 0.05) is 10.9 Å². The second-order valence-corrected chi connectivity index (χ2v) is 6.89. The molecule has 0 fully saturated rings. The zero-order valence-electron chi connectivity index (χ0n) is 13.4. The van der Waals surface area contributed by atoms with Crippen LogP contribution in [0.15, 0.2) is 18.2 Å². The molecule has 0 bridgehead atoms. The van der Waals surface area contributed by atoms with Gasteiger partial charge in [-0.1, -0.05) is 6.42 Å². The Labute approximate surface area is 147 Å². The van der Waals surface area contributed by atoms with Crippen LogP contribution in [0.3, 0.4) is 0 Å². The number of anilines is 1. The predicted octanol–water partition coefficient (Wildman–Crippen LogP) is 3.06. The molecule has 0 saturated heterocycles. The molecular weight excluding hydrogens is 348 g/mol. The summed E-state index contributed by atoms with van der Waals surface area (Å²) in [7, 11) is 0. The topological polar surface area (TPSA) is 71.1 Å². The van der Waals surface area contributed by atoms with Gasteiger partial charge in [-0.2, -0.15) is 0 Å². The minimum atomic E-state index is -0.971. The fourth-order valence-electron chi connectivity index (χ4n) is 2.68. The normalized spacial score (nSPS) is 13.7. The lowest BCUT2D eigenvalue weighted by molar-refractivity contribution is -0.115. The zero-order valence-corrected chi connectivity index (χ0v) is 14.2. The smallest absolute Gasteiger partial charge is 0.254 e. The highest BCUT2D eigenvalue weighted by Crippen LogP contribution is 2.28. The summed E-state index contributed by atoms with van der Waals surface area (Å²) in [5, 5.41) is 5.48. The van der Waals surface area contributed by atoms with Crippen LogP contribution in [0, 0.1) is 11.6 Å². The Morgan fingerprint density at radius 2 is 1.96 bits per heavy atom. The van der Waals surface area contributed by atoms with Crippen molar-refractivity contribution in [2.24, 2.45) is 0 Å². The Balaban J connectivity index is 1.55. The third-order valence-corrected chi connectivity index (χ3v) is 5.00. The average molecular weight is 365 g/mol. The molecule has 2 aromatic rings. The van der Waals surface area contributed by atoms with Crippen molar-refractivity contribution >= 4 is 28.3 Å². The second-order valence-electron chi connectivity index (χ2n) is 5.80. The molecule has 0 atom stereocenters. The third kappa shape index (κ3) is 4.39. The van der Waals surface area contributed by atoms with Crippen LogP contribution in [0.4, 0.5) is 13.9 Å². The first-order valence-corrected chi connectivity index (χ1v) is 8.86. The van der Waals surface area contributed by atoms with Crippen molar-refractivity contribution in [1.29, 1.82) is 0 Å². The van der Waals surface area contributed by atoms with E-state index in [1.807, 2.05) is 0 Å². The predicted molar refractivity (Wildman–Crippen MR) is 90.7 cm³/mol. The molecule has 1 heterocycles. The SMILES string of the molecule is O=C(CNC(=O)c1ccc(F)cc1F)Nc1nc2c(s1)CCCCC2. The first-order valence-electron chi connectivity index (χ1n) is 8.04. The van der Waals surface area contributed by atoms with Crippen LogP contribution in [0.2, 0.25) is 0 Å². The van der Waals surface area contributed by atoms with Gasteiger partial charge in [0.05, 0.1) is 17.8 Å². The van der Waals surface area contributed by atoms with Crippen molar-refractivity contribution < 1.29 is 18.4 Å². The van der Waals surface area contributed by atoms with Crippen LogP contribution in [-0.4, -0.2) is 23.3 Å². The Morgan fingerprint density at radius 3 is 2.76 bits per heavy atom. The van der Waals surface area contributed by atoms with Crippen LogP contribution in [0.5, 0.6) is 0 Å². The number of hydrogen-bond donors (Lipinski definition) is 2. The number of nitrogens with zero attached hydrogens (tertiary/aromatic N) is 1. The summed E-state index contributed by atoms with van der Waals surface area (Å²) in [4.78, 5) is 29.5. The van der Waals surface area contributed by atoms with E-state index in [9.17, 15) is 18.4 Å². The lowest BCUT2D eigenvalue weighted by Crippen LogP contribution is -2.33. The van der Waals surface area contributed by atoms with Gasteiger partial charge in [-0.3, -0.25) is 9.59 Å². The van der Waals surface area contributed by atoms with Crippen LogP contribution in [0.25, 0.3) is 0 Å². The second kappa shape index (κ2) is 7.69. The molecule has 2 N–H and O–H groups in total. The Kier molecular flexibility index (Phi) is 5.37. The van der Waals surface area contributed by atoms with E-state index in [0.717, 1.165) is 43.5 Å². The quantitative estimate of drug-likeness (QED) is 0.818. The maximum absolute atomic E-state index is 13.5.